The van der Waals surface area contributed by atoms with Gasteiger partial charge < -0.3 is 14.8 Å². The number of carbonyl (C=O) groups is 3. The van der Waals surface area contributed by atoms with Crippen LogP contribution in [0.5, 0.6) is 5.75 Å². The van der Waals surface area contributed by atoms with E-state index in [4.69, 9.17) is 9.47 Å². The predicted octanol–water partition coefficient (Wildman–Crippen LogP) is 4.61. The lowest BCUT2D eigenvalue weighted by Crippen LogP contribution is -2.26. The van der Waals surface area contributed by atoms with E-state index in [0.29, 0.717) is 17.0 Å². The molecule has 0 saturated heterocycles. The average Bonchev–Trinajstić information content (AvgIpc) is 2.95. The highest BCUT2D eigenvalue weighted by atomic mass is 32.2. The lowest BCUT2D eigenvalue weighted by Gasteiger charge is -2.20. The maximum absolute atomic E-state index is 13.2. The molecule has 8 nitrogen and oxygen atoms in total. The van der Waals surface area contributed by atoms with Crippen LogP contribution in [0.2, 0.25) is 0 Å². The Kier molecular flexibility index (Phi) is 6.52. The van der Waals surface area contributed by atoms with Crippen LogP contribution in [0.25, 0.3) is 0 Å². The monoisotopic (exact) mass is 527 g/mol. The molecule has 1 N–H and O–H groups in total. The Morgan fingerprint density at radius 2 is 1.50 bits per heavy atom. The largest absolute Gasteiger partial charge is 0.497 e. The van der Waals surface area contributed by atoms with Crippen LogP contribution in [0.15, 0.2) is 107 Å². The lowest BCUT2D eigenvalue weighted by molar-refractivity contribution is -0.125. The number of amides is 1. The van der Waals surface area contributed by atoms with E-state index in [-0.39, 0.29) is 26.5 Å². The summed E-state index contributed by atoms with van der Waals surface area (Å²) < 4.78 is 37.3. The maximum atomic E-state index is 13.2. The topological polar surface area (TPSA) is 116 Å². The number of hydrogen-bond donors (Lipinski definition) is 1. The van der Waals surface area contributed by atoms with E-state index in [1.807, 2.05) is 0 Å². The number of methoxy groups -OCH3 is 1. The number of rotatable bonds is 6. The number of carbonyl (C=O) groups excluding carboxylic acids is 3. The van der Waals surface area contributed by atoms with E-state index in [1.54, 1.807) is 60.7 Å². The van der Waals surface area contributed by atoms with Gasteiger partial charge in [-0.05, 0) is 42.5 Å². The van der Waals surface area contributed by atoms with E-state index in [1.165, 1.54) is 37.4 Å². The standard InChI is InChI=1S/C29H21NO7S/c1-36-21-11-7-10-20(17-21)30-28(32)27(18-8-3-2-4-9-18)37-29(33)19-14-15-23-25(16-19)38(34,35)24-13-6-5-12-22(24)26(23)31/h2-17,27H,1H3,(H,30,32)/t27-/m1/s1. The Labute approximate surface area is 218 Å². The minimum atomic E-state index is -4.05. The first-order valence-electron chi connectivity index (χ1n) is 11.5. The number of hydrogen-bond acceptors (Lipinski definition) is 7. The van der Waals surface area contributed by atoms with Crippen molar-refractivity contribution in [2.45, 2.75) is 15.9 Å². The molecule has 0 aromatic heterocycles. The van der Waals surface area contributed by atoms with Crippen LogP contribution in [-0.4, -0.2) is 33.2 Å². The van der Waals surface area contributed by atoms with Crippen molar-refractivity contribution in [3.05, 3.63) is 119 Å². The van der Waals surface area contributed by atoms with E-state index in [9.17, 15) is 22.8 Å². The van der Waals surface area contributed by atoms with Crippen molar-refractivity contribution in [1.82, 2.24) is 0 Å². The van der Waals surface area contributed by atoms with Gasteiger partial charge in [-0.2, -0.15) is 0 Å². The molecule has 0 fully saturated rings. The minimum absolute atomic E-state index is 0.0318. The fraction of sp³-hybridized carbons (Fsp3) is 0.0690. The van der Waals surface area contributed by atoms with Gasteiger partial charge in [-0.15, -0.1) is 0 Å². The average molecular weight is 528 g/mol. The van der Waals surface area contributed by atoms with E-state index >= 15 is 0 Å². The molecule has 5 rings (SSSR count). The quantitative estimate of drug-likeness (QED) is 0.321. The number of nitrogens with one attached hydrogen (secondary N) is 1. The molecular weight excluding hydrogens is 506 g/mol. The van der Waals surface area contributed by atoms with Crippen molar-refractivity contribution < 1.29 is 32.3 Å². The molecule has 1 aliphatic rings. The van der Waals surface area contributed by atoms with Gasteiger partial charge >= 0.3 is 5.97 Å². The van der Waals surface area contributed by atoms with Gasteiger partial charge in [-0.3, -0.25) is 9.59 Å². The molecule has 1 amide bonds. The molecule has 0 unspecified atom stereocenters. The Morgan fingerprint density at radius 1 is 0.789 bits per heavy atom. The summed E-state index contributed by atoms with van der Waals surface area (Å²) in [5, 5.41) is 2.72. The summed E-state index contributed by atoms with van der Waals surface area (Å²) in [5.41, 5.74) is 0.776. The van der Waals surface area contributed by atoms with Crippen molar-refractivity contribution in [2.24, 2.45) is 0 Å². The molecule has 4 aromatic rings. The van der Waals surface area contributed by atoms with Crippen molar-refractivity contribution in [1.29, 1.82) is 0 Å². The van der Waals surface area contributed by atoms with Gasteiger partial charge in [0.2, 0.25) is 15.9 Å². The van der Waals surface area contributed by atoms with Crippen LogP contribution >= 0.6 is 0 Å². The van der Waals surface area contributed by atoms with Crippen LogP contribution in [0.3, 0.4) is 0 Å². The first-order chi connectivity index (χ1) is 18.3. The lowest BCUT2D eigenvalue weighted by atomic mass is 10.0. The normalized spacial score (nSPS) is 14.0. The van der Waals surface area contributed by atoms with Crippen molar-refractivity contribution in [3.8, 4) is 5.75 Å². The molecule has 0 radical (unpaired) electrons. The van der Waals surface area contributed by atoms with Gasteiger partial charge in [0.25, 0.3) is 5.91 Å². The highest BCUT2D eigenvalue weighted by Crippen LogP contribution is 2.35. The second kappa shape index (κ2) is 9.95. The van der Waals surface area contributed by atoms with Gasteiger partial charge in [0.05, 0.1) is 22.5 Å². The Morgan fingerprint density at radius 3 is 2.26 bits per heavy atom. The molecule has 1 aliphatic heterocycles. The smallest absolute Gasteiger partial charge is 0.339 e. The highest BCUT2D eigenvalue weighted by Gasteiger charge is 2.35. The van der Waals surface area contributed by atoms with Crippen LogP contribution in [0.1, 0.15) is 37.9 Å². The number of fused-ring (bicyclic) bond motifs is 2. The van der Waals surface area contributed by atoms with Gasteiger partial charge in [-0.25, -0.2) is 13.2 Å². The molecule has 0 spiro atoms. The molecule has 1 atom stereocenters. The molecule has 0 aliphatic carbocycles. The Balaban J connectivity index is 1.46. The molecule has 1 heterocycles. The second-order valence-corrected chi connectivity index (χ2v) is 10.3. The molecule has 190 valence electrons. The summed E-state index contributed by atoms with van der Waals surface area (Å²) >= 11 is 0. The Bertz CT molecular complexity index is 1680. The van der Waals surface area contributed by atoms with E-state index in [2.05, 4.69) is 5.32 Å². The fourth-order valence-corrected chi connectivity index (χ4v) is 5.87. The summed E-state index contributed by atoms with van der Waals surface area (Å²) in [6.07, 6.45) is -1.34. The van der Waals surface area contributed by atoms with Crippen molar-refractivity contribution >= 4 is 33.2 Å². The fourth-order valence-electron chi connectivity index (χ4n) is 4.20. The van der Waals surface area contributed by atoms with Crippen molar-refractivity contribution in [3.63, 3.8) is 0 Å². The maximum Gasteiger partial charge on any atom is 0.339 e. The van der Waals surface area contributed by atoms with E-state index < -0.39 is 33.6 Å². The third-order valence-electron chi connectivity index (χ3n) is 6.08. The van der Waals surface area contributed by atoms with Gasteiger partial charge in [0.1, 0.15) is 5.75 Å². The highest BCUT2D eigenvalue weighted by molar-refractivity contribution is 7.91. The SMILES string of the molecule is COc1cccc(NC(=O)[C@H](OC(=O)c2ccc3c(c2)S(=O)(=O)c2ccccc2C3=O)c2ccccc2)c1. The molecule has 0 bridgehead atoms. The van der Waals surface area contributed by atoms with E-state index in [0.717, 1.165) is 6.07 Å². The van der Waals surface area contributed by atoms with Crippen molar-refractivity contribution in [2.75, 3.05) is 12.4 Å². The molecule has 4 aromatic carbocycles. The Hall–Kier alpha value is -4.76. The number of sulfone groups is 1. The third-order valence-corrected chi connectivity index (χ3v) is 7.93. The predicted molar refractivity (Wildman–Crippen MR) is 138 cm³/mol. The zero-order valence-electron chi connectivity index (χ0n) is 20.1. The molecular formula is C29H21NO7S. The zero-order chi connectivity index (χ0) is 26.9. The summed E-state index contributed by atoms with van der Waals surface area (Å²) in [6, 6.07) is 24.7. The first kappa shape index (κ1) is 24.9. The summed E-state index contributed by atoms with van der Waals surface area (Å²) in [4.78, 5) is 38.9. The first-order valence-corrected chi connectivity index (χ1v) is 13.0. The number of ether oxygens (including phenoxy) is 2. The second-order valence-electron chi connectivity index (χ2n) is 8.46. The van der Waals surface area contributed by atoms with Gasteiger partial charge in [0, 0.05) is 28.4 Å². The summed E-state index contributed by atoms with van der Waals surface area (Å²) in [6.45, 7) is 0. The van der Waals surface area contributed by atoms with Crippen LogP contribution in [-0.2, 0) is 19.4 Å². The number of anilines is 1. The minimum Gasteiger partial charge on any atom is -0.497 e. The van der Waals surface area contributed by atoms with Gasteiger partial charge in [0.15, 0.2) is 5.78 Å². The number of esters is 1. The molecule has 0 saturated carbocycles. The summed E-state index contributed by atoms with van der Waals surface area (Å²) in [7, 11) is -2.55. The number of benzene rings is 4. The molecule has 9 heteroatoms. The van der Waals surface area contributed by atoms with Gasteiger partial charge in [-0.1, -0.05) is 48.5 Å². The van der Waals surface area contributed by atoms with Crippen LogP contribution in [0.4, 0.5) is 5.69 Å². The van der Waals surface area contributed by atoms with Crippen LogP contribution < -0.4 is 10.1 Å². The number of ketones is 1. The summed E-state index contributed by atoms with van der Waals surface area (Å²) in [5.74, 6) is -1.47. The third kappa shape index (κ3) is 4.55. The molecule has 38 heavy (non-hydrogen) atoms. The van der Waals surface area contributed by atoms with Crippen LogP contribution in [0, 0.1) is 0 Å². The zero-order valence-corrected chi connectivity index (χ0v) is 20.9.